The van der Waals surface area contributed by atoms with Gasteiger partial charge in [0.05, 0.1) is 27.9 Å². The van der Waals surface area contributed by atoms with Crippen LogP contribution in [0.4, 0.5) is 0 Å². The Morgan fingerprint density at radius 3 is 2.17 bits per heavy atom. The fraction of sp³-hybridized carbons (Fsp3) is 0.450. The molecule has 0 aliphatic rings. The number of ether oxygens (including phenoxy) is 4. The highest BCUT2D eigenvalue weighted by molar-refractivity contribution is 5.78. The third kappa shape index (κ3) is 3.65. The standard InChI is InChI=1S/C20H26N4O6/c1-6-7-24-18-15(19(25)22-20(24)26)23(8-9-27-2)17(21-18)12-10-13(28-3)16(30-5)14(11-12)29-4/h10-11H,6-9H2,1-5H3,(H,22,25,26). The molecule has 0 aliphatic carbocycles. The summed E-state index contributed by atoms with van der Waals surface area (Å²) in [7, 11) is 6.16. The molecule has 0 spiro atoms. The Labute approximate surface area is 173 Å². The van der Waals surface area contributed by atoms with Crippen molar-refractivity contribution in [2.24, 2.45) is 0 Å². The van der Waals surface area contributed by atoms with E-state index in [0.29, 0.717) is 65.9 Å². The lowest BCUT2D eigenvalue weighted by atomic mass is 10.1. The Balaban J connectivity index is 2.38. The first-order chi connectivity index (χ1) is 14.5. The van der Waals surface area contributed by atoms with Gasteiger partial charge in [-0.1, -0.05) is 6.92 Å². The summed E-state index contributed by atoms with van der Waals surface area (Å²) in [4.78, 5) is 32.1. The zero-order valence-corrected chi connectivity index (χ0v) is 17.8. The molecule has 0 saturated carbocycles. The second-order valence-electron chi connectivity index (χ2n) is 6.58. The molecule has 2 aromatic heterocycles. The number of aromatic nitrogens is 4. The first-order valence-electron chi connectivity index (χ1n) is 9.53. The van der Waals surface area contributed by atoms with Gasteiger partial charge < -0.3 is 23.5 Å². The van der Waals surface area contributed by atoms with Gasteiger partial charge in [0.15, 0.2) is 22.7 Å². The number of aromatic amines is 1. The molecule has 0 radical (unpaired) electrons. The van der Waals surface area contributed by atoms with Crippen molar-refractivity contribution >= 4 is 11.2 Å². The Hall–Kier alpha value is -3.27. The van der Waals surface area contributed by atoms with Gasteiger partial charge in [0.25, 0.3) is 5.56 Å². The summed E-state index contributed by atoms with van der Waals surface area (Å²) in [5.41, 5.74) is 0.299. The van der Waals surface area contributed by atoms with E-state index >= 15 is 0 Å². The average molecular weight is 418 g/mol. The normalized spacial score (nSPS) is 11.1. The third-order valence-corrected chi connectivity index (χ3v) is 4.77. The van der Waals surface area contributed by atoms with Gasteiger partial charge in [-0.25, -0.2) is 9.78 Å². The number of rotatable bonds is 9. The van der Waals surface area contributed by atoms with E-state index in [1.165, 1.54) is 25.9 Å². The maximum absolute atomic E-state index is 12.7. The van der Waals surface area contributed by atoms with Crippen molar-refractivity contribution in [2.75, 3.05) is 35.0 Å². The highest BCUT2D eigenvalue weighted by Gasteiger charge is 2.22. The molecular formula is C20H26N4O6. The molecule has 3 aromatic rings. The minimum absolute atomic E-state index is 0.309. The summed E-state index contributed by atoms with van der Waals surface area (Å²) in [6.07, 6.45) is 0.714. The molecule has 0 aliphatic heterocycles. The van der Waals surface area contributed by atoms with Crippen molar-refractivity contribution in [3.05, 3.63) is 33.0 Å². The minimum Gasteiger partial charge on any atom is -0.493 e. The van der Waals surface area contributed by atoms with Crippen molar-refractivity contribution in [2.45, 2.75) is 26.4 Å². The number of aryl methyl sites for hydroxylation is 1. The number of nitrogens with one attached hydrogen (secondary N) is 1. The summed E-state index contributed by atoms with van der Waals surface area (Å²) in [5, 5.41) is 0. The maximum atomic E-state index is 12.7. The molecule has 30 heavy (non-hydrogen) atoms. The molecule has 0 fully saturated rings. The molecule has 0 amide bonds. The zero-order valence-electron chi connectivity index (χ0n) is 17.8. The molecule has 0 unspecified atom stereocenters. The van der Waals surface area contributed by atoms with Crippen LogP contribution >= 0.6 is 0 Å². The van der Waals surface area contributed by atoms with Crippen molar-refractivity contribution < 1.29 is 18.9 Å². The Morgan fingerprint density at radius 1 is 0.967 bits per heavy atom. The second-order valence-corrected chi connectivity index (χ2v) is 6.58. The van der Waals surface area contributed by atoms with Crippen LogP contribution < -0.4 is 25.5 Å². The molecule has 0 atom stereocenters. The third-order valence-electron chi connectivity index (χ3n) is 4.77. The highest BCUT2D eigenvalue weighted by atomic mass is 16.5. The number of H-pyrrole nitrogens is 1. The Kier molecular flexibility index (Phi) is 6.46. The van der Waals surface area contributed by atoms with E-state index in [1.54, 1.807) is 23.8 Å². The first-order valence-corrected chi connectivity index (χ1v) is 9.53. The minimum atomic E-state index is -0.496. The molecule has 162 valence electrons. The summed E-state index contributed by atoms with van der Waals surface area (Å²) in [6.45, 7) is 3.11. The number of benzene rings is 1. The fourth-order valence-corrected chi connectivity index (χ4v) is 3.43. The monoisotopic (exact) mass is 418 g/mol. The fourth-order valence-electron chi connectivity index (χ4n) is 3.43. The van der Waals surface area contributed by atoms with Gasteiger partial charge in [-0.3, -0.25) is 14.3 Å². The largest absolute Gasteiger partial charge is 0.493 e. The van der Waals surface area contributed by atoms with Crippen molar-refractivity contribution in [3.8, 4) is 28.6 Å². The topological polar surface area (TPSA) is 110 Å². The van der Waals surface area contributed by atoms with E-state index in [4.69, 9.17) is 18.9 Å². The lowest BCUT2D eigenvalue weighted by molar-refractivity contribution is 0.188. The van der Waals surface area contributed by atoms with E-state index in [-0.39, 0.29) is 0 Å². The molecule has 2 heterocycles. The summed E-state index contributed by atoms with van der Waals surface area (Å²) in [5.74, 6) is 1.85. The van der Waals surface area contributed by atoms with Gasteiger partial charge in [0.1, 0.15) is 5.82 Å². The number of methoxy groups -OCH3 is 4. The van der Waals surface area contributed by atoms with Crippen molar-refractivity contribution in [1.82, 2.24) is 19.1 Å². The van der Waals surface area contributed by atoms with Crippen LogP contribution in [-0.4, -0.2) is 54.1 Å². The quantitative estimate of drug-likeness (QED) is 0.562. The lowest BCUT2D eigenvalue weighted by Gasteiger charge is -2.15. The SMILES string of the molecule is CCCn1c(=O)[nH]c(=O)c2c1nc(-c1cc(OC)c(OC)c(OC)c1)n2CCOC. The van der Waals surface area contributed by atoms with Crippen LogP contribution in [0.3, 0.4) is 0 Å². The van der Waals surface area contributed by atoms with E-state index in [2.05, 4.69) is 9.97 Å². The van der Waals surface area contributed by atoms with Crippen LogP contribution in [0.15, 0.2) is 21.7 Å². The van der Waals surface area contributed by atoms with Gasteiger partial charge in [0.2, 0.25) is 5.75 Å². The van der Waals surface area contributed by atoms with Crippen LogP contribution in [0, 0.1) is 0 Å². The van der Waals surface area contributed by atoms with Crippen LogP contribution in [-0.2, 0) is 17.8 Å². The van der Waals surface area contributed by atoms with Crippen LogP contribution in [0.1, 0.15) is 13.3 Å². The molecule has 10 nitrogen and oxygen atoms in total. The molecule has 3 rings (SSSR count). The van der Waals surface area contributed by atoms with Gasteiger partial charge in [-0.05, 0) is 18.6 Å². The van der Waals surface area contributed by atoms with Crippen molar-refractivity contribution in [1.29, 1.82) is 0 Å². The lowest BCUT2D eigenvalue weighted by Crippen LogP contribution is -2.31. The predicted octanol–water partition coefficient (Wildman–Crippen LogP) is 1.64. The maximum Gasteiger partial charge on any atom is 0.330 e. The van der Waals surface area contributed by atoms with Gasteiger partial charge in [-0.15, -0.1) is 0 Å². The molecule has 1 N–H and O–H groups in total. The smallest absolute Gasteiger partial charge is 0.330 e. The van der Waals surface area contributed by atoms with E-state index < -0.39 is 11.2 Å². The number of imidazole rings is 1. The van der Waals surface area contributed by atoms with Gasteiger partial charge >= 0.3 is 5.69 Å². The highest BCUT2D eigenvalue weighted by Crippen LogP contribution is 2.41. The van der Waals surface area contributed by atoms with E-state index in [9.17, 15) is 9.59 Å². The second kappa shape index (κ2) is 9.04. The Morgan fingerprint density at radius 2 is 1.63 bits per heavy atom. The zero-order chi connectivity index (χ0) is 21.8. The predicted molar refractivity (Wildman–Crippen MR) is 112 cm³/mol. The molecule has 0 bridgehead atoms. The van der Waals surface area contributed by atoms with Crippen LogP contribution in [0.2, 0.25) is 0 Å². The molecule has 1 aromatic carbocycles. The van der Waals surface area contributed by atoms with E-state index in [0.717, 1.165) is 0 Å². The number of hydrogen-bond acceptors (Lipinski definition) is 7. The molecule has 0 saturated heterocycles. The first kappa shape index (κ1) is 21.4. The summed E-state index contributed by atoms with van der Waals surface area (Å²) < 4.78 is 24.7. The Bertz CT molecular complexity index is 1140. The van der Waals surface area contributed by atoms with Gasteiger partial charge in [0, 0.05) is 25.8 Å². The number of nitrogens with zero attached hydrogens (tertiary/aromatic N) is 3. The van der Waals surface area contributed by atoms with E-state index in [1.807, 2.05) is 6.92 Å². The van der Waals surface area contributed by atoms with Gasteiger partial charge in [-0.2, -0.15) is 0 Å². The van der Waals surface area contributed by atoms with Crippen molar-refractivity contribution in [3.63, 3.8) is 0 Å². The van der Waals surface area contributed by atoms with Crippen LogP contribution in [0.5, 0.6) is 17.2 Å². The number of fused-ring (bicyclic) bond motifs is 1. The summed E-state index contributed by atoms with van der Waals surface area (Å²) in [6, 6.07) is 3.50. The average Bonchev–Trinajstić information content (AvgIpc) is 3.13. The molecular weight excluding hydrogens is 392 g/mol. The summed E-state index contributed by atoms with van der Waals surface area (Å²) >= 11 is 0. The van der Waals surface area contributed by atoms with Crippen LogP contribution in [0.25, 0.3) is 22.6 Å². The molecule has 10 heteroatoms. The number of hydrogen-bond donors (Lipinski definition) is 1.